The molecule has 1 aromatic heterocycles. The van der Waals surface area contributed by atoms with E-state index in [1.807, 2.05) is 11.8 Å². The molecule has 1 saturated heterocycles. The maximum absolute atomic E-state index is 11.1. The Kier molecular flexibility index (Phi) is 4.38. The number of anilines is 1. The molecule has 0 saturated carbocycles. The lowest BCUT2D eigenvalue weighted by atomic mass is 10.2. The van der Waals surface area contributed by atoms with Crippen LogP contribution in [0.3, 0.4) is 0 Å². The Bertz CT molecular complexity index is 461. The quantitative estimate of drug-likeness (QED) is 0.679. The molecule has 6 nitrogen and oxygen atoms in total. The number of rotatable bonds is 4. The van der Waals surface area contributed by atoms with Crippen LogP contribution < -0.4 is 4.90 Å². The molecule has 0 bridgehead atoms. The molecule has 0 spiro atoms. The fraction of sp³-hybridized carbons (Fsp3) is 0.667. The molecule has 19 heavy (non-hydrogen) atoms. The smallest absolute Gasteiger partial charge is 0.304 e. The van der Waals surface area contributed by atoms with Gasteiger partial charge in [-0.3, -0.25) is 10.1 Å². The van der Waals surface area contributed by atoms with Crippen molar-refractivity contribution < 1.29 is 14.8 Å². The minimum atomic E-state index is -0.680. The van der Waals surface area contributed by atoms with Crippen LogP contribution in [0.25, 0.3) is 0 Å². The summed E-state index contributed by atoms with van der Waals surface area (Å²) >= 11 is 1.29. The third-order valence-electron chi connectivity index (χ3n) is 3.20. The van der Waals surface area contributed by atoms with E-state index in [1.165, 1.54) is 17.4 Å². The van der Waals surface area contributed by atoms with Gasteiger partial charge in [-0.25, -0.2) is 0 Å². The van der Waals surface area contributed by atoms with Crippen molar-refractivity contribution in [1.82, 2.24) is 0 Å². The minimum Gasteiger partial charge on any atom is -0.388 e. The molecule has 0 radical (unpaired) electrons. The van der Waals surface area contributed by atoms with Crippen LogP contribution in [-0.2, 0) is 4.74 Å². The Hall–Kier alpha value is -1.18. The van der Waals surface area contributed by atoms with Crippen LogP contribution in [0.5, 0.6) is 0 Å². The van der Waals surface area contributed by atoms with Crippen LogP contribution >= 0.6 is 11.3 Å². The van der Waals surface area contributed by atoms with Crippen molar-refractivity contribution in [3.05, 3.63) is 21.1 Å². The van der Waals surface area contributed by atoms with Gasteiger partial charge in [-0.15, -0.1) is 11.3 Å². The number of ether oxygens (including phenoxy) is 1. The van der Waals surface area contributed by atoms with E-state index in [-0.39, 0.29) is 16.7 Å². The molecule has 2 heterocycles. The van der Waals surface area contributed by atoms with E-state index in [2.05, 4.69) is 0 Å². The Morgan fingerprint density at radius 1 is 1.74 bits per heavy atom. The summed E-state index contributed by atoms with van der Waals surface area (Å²) in [5.74, 6) is 0. The second-order valence-corrected chi connectivity index (χ2v) is 5.68. The Labute approximate surface area is 115 Å². The number of nitrogens with zero attached hydrogens (tertiary/aromatic N) is 2. The number of aliphatic hydroxyl groups is 1. The minimum absolute atomic E-state index is 0.0812. The Balaban J connectivity index is 2.29. The number of thiophene rings is 1. The SMILES string of the molecule is CCC1CN(c2sc(C(C)O)cc2[N+](=O)[O-])CCO1. The lowest BCUT2D eigenvalue weighted by molar-refractivity contribution is -0.383. The number of nitro groups is 1. The van der Waals surface area contributed by atoms with E-state index in [1.54, 1.807) is 6.92 Å². The van der Waals surface area contributed by atoms with Crippen LogP contribution in [0, 0.1) is 10.1 Å². The molecule has 2 rings (SSSR count). The molecule has 2 atom stereocenters. The third-order valence-corrected chi connectivity index (χ3v) is 4.56. The Morgan fingerprint density at radius 3 is 3.05 bits per heavy atom. The molecule has 2 unspecified atom stereocenters. The summed E-state index contributed by atoms with van der Waals surface area (Å²) in [6.07, 6.45) is 0.324. The standard InChI is InChI=1S/C12H18N2O4S/c1-3-9-7-13(4-5-18-9)12-10(14(16)17)6-11(19-12)8(2)15/h6,8-9,15H,3-5,7H2,1-2H3. The maximum Gasteiger partial charge on any atom is 0.304 e. The van der Waals surface area contributed by atoms with Gasteiger partial charge in [-0.05, 0) is 13.3 Å². The first kappa shape index (κ1) is 14.2. The lowest BCUT2D eigenvalue weighted by Crippen LogP contribution is -2.42. The van der Waals surface area contributed by atoms with Gasteiger partial charge in [0.05, 0.1) is 23.7 Å². The van der Waals surface area contributed by atoms with Gasteiger partial charge in [-0.1, -0.05) is 6.92 Å². The van der Waals surface area contributed by atoms with Gasteiger partial charge in [0.25, 0.3) is 0 Å². The molecular formula is C12H18N2O4S. The van der Waals surface area contributed by atoms with Crippen LogP contribution in [0.15, 0.2) is 6.07 Å². The number of morpholine rings is 1. The zero-order chi connectivity index (χ0) is 14.0. The van der Waals surface area contributed by atoms with Crippen molar-refractivity contribution >= 4 is 22.0 Å². The van der Waals surface area contributed by atoms with Crippen molar-refractivity contribution in [1.29, 1.82) is 0 Å². The number of aliphatic hydroxyl groups excluding tert-OH is 1. The Morgan fingerprint density at radius 2 is 2.47 bits per heavy atom. The van der Waals surface area contributed by atoms with Gasteiger partial charge in [0.1, 0.15) is 0 Å². The van der Waals surface area contributed by atoms with Gasteiger partial charge in [-0.2, -0.15) is 0 Å². The second-order valence-electron chi connectivity index (χ2n) is 4.62. The molecule has 106 valence electrons. The summed E-state index contributed by atoms with van der Waals surface area (Å²) in [5, 5.41) is 21.3. The average molecular weight is 286 g/mol. The summed E-state index contributed by atoms with van der Waals surface area (Å²) in [4.78, 5) is 13.4. The van der Waals surface area contributed by atoms with Crippen LogP contribution in [0.1, 0.15) is 31.2 Å². The summed E-state index contributed by atoms with van der Waals surface area (Å²) < 4.78 is 5.58. The molecule has 1 aliphatic rings. The molecule has 1 N–H and O–H groups in total. The normalized spacial score (nSPS) is 21.4. The topological polar surface area (TPSA) is 75.8 Å². The van der Waals surface area contributed by atoms with Crippen LogP contribution in [0.4, 0.5) is 10.7 Å². The number of hydrogen-bond acceptors (Lipinski definition) is 6. The number of hydrogen-bond donors (Lipinski definition) is 1. The van der Waals surface area contributed by atoms with Crippen molar-refractivity contribution in [3.8, 4) is 0 Å². The van der Waals surface area contributed by atoms with Crippen molar-refractivity contribution in [2.75, 3.05) is 24.6 Å². The highest BCUT2D eigenvalue weighted by atomic mass is 32.1. The van der Waals surface area contributed by atoms with Gasteiger partial charge in [0.15, 0.2) is 5.00 Å². The van der Waals surface area contributed by atoms with E-state index < -0.39 is 6.10 Å². The van der Waals surface area contributed by atoms with Gasteiger partial charge >= 0.3 is 5.69 Å². The fourth-order valence-electron chi connectivity index (χ4n) is 2.10. The molecule has 0 aliphatic carbocycles. The van der Waals surface area contributed by atoms with E-state index in [4.69, 9.17) is 4.74 Å². The summed E-state index contributed by atoms with van der Waals surface area (Å²) in [7, 11) is 0. The molecule has 0 amide bonds. The zero-order valence-corrected chi connectivity index (χ0v) is 11.9. The van der Waals surface area contributed by atoms with E-state index in [0.717, 1.165) is 6.42 Å². The maximum atomic E-state index is 11.1. The van der Waals surface area contributed by atoms with Crippen molar-refractivity contribution in [2.45, 2.75) is 32.5 Å². The molecule has 0 aromatic carbocycles. The largest absolute Gasteiger partial charge is 0.388 e. The van der Waals surface area contributed by atoms with E-state index >= 15 is 0 Å². The van der Waals surface area contributed by atoms with Crippen LogP contribution in [-0.4, -0.2) is 35.8 Å². The lowest BCUT2D eigenvalue weighted by Gasteiger charge is -2.32. The van der Waals surface area contributed by atoms with Crippen LogP contribution in [0.2, 0.25) is 0 Å². The molecule has 7 heteroatoms. The highest BCUT2D eigenvalue weighted by Crippen LogP contribution is 2.40. The predicted octanol–water partition coefficient (Wildman–Crippen LogP) is 2.32. The fourth-order valence-corrected chi connectivity index (χ4v) is 3.20. The van der Waals surface area contributed by atoms with E-state index in [9.17, 15) is 15.2 Å². The first-order valence-electron chi connectivity index (χ1n) is 6.35. The zero-order valence-electron chi connectivity index (χ0n) is 11.0. The van der Waals surface area contributed by atoms with E-state index in [0.29, 0.717) is 29.6 Å². The molecule has 1 aliphatic heterocycles. The van der Waals surface area contributed by atoms with Gasteiger partial charge < -0.3 is 14.7 Å². The highest BCUT2D eigenvalue weighted by molar-refractivity contribution is 7.16. The summed E-state index contributed by atoms with van der Waals surface area (Å²) in [5.41, 5.74) is 0.0812. The monoisotopic (exact) mass is 286 g/mol. The third kappa shape index (κ3) is 3.05. The molecule has 1 aromatic rings. The molecule has 1 fully saturated rings. The van der Waals surface area contributed by atoms with Crippen molar-refractivity contribution in [2.24, 2.45) is 0 Å². The van der Waals surface area contributed by atoms with Gasteiger partial charge in [0.2, 0.25) is 0 Å². The average Bonchev–Trinajstić information content (AvgIpc) is 2.84. The summed E-state index contributed by atoms with van der Waals surface area (Å²) in [6, 6.07) is 1.47. The highest BCUT2D eigenvalue weighted by Gasteiger charge is 2.28. The first-order chi connectivity index (χ1) is 9.02. The first-order valence-corrected chi connectivity index (χ1v) is 7.17. The summed E-state index contributed by atoms with van der Waals surface area (Å²) in [6.45, 7) is 5.55. The molecular weight excluding hydrogens is 268 g/mol. The predicted molar refractivity (Wildman–Crippen MR) is 73.9 cm³/mol. The second kappa shape index (κ2) is 5.85. The van der Waals surface area contributed by atoms with Gasteiger partial charge in [0, 0.05) is 24.0 Å². The van der Waals surface area contributed by atoms with Crippen molar-refractivity contribution in [3.63, 3.8) is 0 Å².